The van der Waals surface area contributed by atoms with Crippen LogP contribution in [0.3, 0.4) is 0 Å². The summed E-state index contributed by atoms with van der Waals surface area (Å²) in [4.78, 5) is 36.8. The Morgan fingerprint density at radius 1 is 0.365 bits per heavy atom. The van der Waals surface area contributed by atoms with E-state index >= 15 is 0 Å². The maximum atomic E-state index is 7.29. The van der Waals surface area contributed by atoms with Gasteiger partial charge in [-0.15, -0.1) is 0 Å². The molecule has 0 unspecified atom stereocenters. The summed E-state index contributed by atoms with van der Waals surface area (Å²) in [6.45, 7) is 21.3. The van der Waals surface area contributed by atoms with Crippen molar-refractivity contribution in [1.82, 2.24) is 39.9 Å². The Morgan fingerprint density at radius 3 is 0.812 bits per heavy atom. The Hall–Kier alpha value is -4.19. The molecular weight excluding hydrogens is 1190 g/mol. The average Bonchev–Trinajstić information content (AvgIpc) is 1.94. The number of aromatic amines is 2. The van der Waals surface area contributed by atoms with Crippen molar-refractivity contribution in [3.63, 3.8) is 0 Å². The van der Waals surface area contributed by atoms with Gasteiger partial charge >= 0.3 is 10.0 Å². The van der Waals surface area contributed by atoms with Crippen LogP contribution in [0.15, 0.2) is 97.1 Å². The van der Waals surface area contributed by atoms with Crippen molar-refractivity contribution in [1.29, 1.82) is 0 Å². The molecule has 8 bridgehead atoms. The smallest absolute Gasteiger partial charge is 0.410 e. The first-order chi connectivity index (χ1) is 39.3. The number of hydrogen-bond acceptors (Lipinski definition) is 8. The highest BCUT2D eigenvalue weighted by Gasteiger charge is 2.44. The Morgan fingerprint density at radius 2 is 0.588 bits per heavy atom. The second kappa shape index (κ2) is 28.1. The Balaban J connectivity index is 0.000000211. The predicted octanol–water partition coefficient (Wildman–Crippen LogP) is 0.331. The summed E-state index contributed by atoms with van der Waals surface area (Å²) in [6, 6.07) is 40.1. The third-order valence-electron chi connectivity index (χ3n) is 20.3. The Kier molecular flexibility index (Phi) is 22.1. The van der Waals surface area contributed by atoms with Crippen molar-refractivity contribution in [2.24, 2.45) is 0 Å². The normalized spacial score (nSPS) is 17.9. The molecule has 4 aromatic carbocycles. The lowest BCUT2D eigenvalue weighted by atomic mass is 10.1. The van der Waals surface area contributed by atoms with E-state index in [0.717, 1.165) is 43.8 Å². The van der Waals surface area contributed by atoms with Crippen molar-refractivity contribution < 1.29 is 75.8 Å². The van der Waals surface area contributed by atoms with Gasteiger partial charge in [0.2, 0.25) is 0 Å². The fourth-order valence-corrected chi connectivity index (χ4v) is 24.7. The van der Waals surface area contributed by atoms with E-state index < -0.39 is 16.6 Å². The van der Waals surface area contributed by atoms with Crippen molar-refractivity contribution in [3.05, 3.63) is 97.1 Å². The van der Waals surface area contributed by atoms with Gasteiger partial charge in [0.1, 0.15) is 22.6 Å². The van der Waals surface area contributed by atoms with E-state index in [2.05, 4.69) is 52.0 Å². The van der Waals surface area contributed by atoms with Crippen LogP contribution in [0.5, 0.6) is 0 Å². The zero-order chi connectivity index (χ0) is 55.7. The van der Waals surface area contributed by atoms with Crippen LogP contribution in [0, 0.1) is 0 Å². The molecule has 14 nitrogen and oxygen atoms in total. The summed E-state index contributed by atoms with van der Waals surface area (Å²) in [5.41, 5.74) is 6.45. The first kappa shape index (κ1) is 66.8. The molecular formula is C64H88Cl4N12O2Si3. The molecule has 4 fully saturated rings. The number of rotatable bonds is 18. The Labute approximate surface area is 533 Å². The van der Waals surface area contributed by atoms with E-state index in [0.29, 0.717) is 45.9 Å². The summed E-state index contributed by atoms with van der Waals surface area (Å²) < 4.78 is 19.7. The average molecular weight is 1280 g/mol. The van der Waals surface area contributed by atoms with Gasteiger partial charge in [-0.1, -0.05) is 111 Å². The first-order valence-electron chi connectivity index (χ1n) is 30.9. The van der Waals surface area contributed by atoms with Gasteiger partial charge in [-0.25, -0.2) is 29.9 Å². The summed E-state index contributed by atoms with van der Waals surface area (Å²) in [7, 11) is 6.64. The minimum atomic E-state index is -1.87. The van der Waals surface area contributed by atoms with Crippen LogP contribution in [0.1, 0.15) is 65.2 Å². The fourth-order valence-electron chi connectivity index (χ4n) is 14.3. The van der Waals surface area contributed by atoms with Crippen LogP contribution in [-0.2, 0) is 8.23 Å². The molecule has 2 N–H and O–H groups in total. The highest BCUT2D eigenvalue weighted by molar-refractivity contribution is 6.80. The molecule has 3 aromatic heterocycles. The molecule has 13 rings (SSSR count). The van der Waals surface area contributed by atoms with Crippen LogP contribution in [-0.4, -0.2) is 191 Å². The topological polar surface area (TPSA) is 127 Å². The lowest BCUT2D eigenvalue weighted by Gasteiger charge is -2.40. The van der Waals surface area contributed by atoms with Gasteiger partial charge in [0, 0.05) is 119 Å². The van der Waals surface area contributed by atoms with Crippen molar-refractivity contribution >= 4 is 70.8 Å². The van der Waals surface area contributed by atoms with Crippen LogP contribution < -0.4 is 49.6 Å². The minimum absolute atomic E-state index is 0. The number of halogens is 4. The van der Waals surface area contributed by atoms with E-state index in [1.165, 1.54) is 184 Å². The van der Waals surface area contributed by atoms with Gasteiger partial charge in [0.25, 0.3) is 0 Å². The van der Waals surface area contributed by atoms with Gasteiger partial charge < -0.3 is 85.8 Å². The van der Waals surface area contributed by atoms with Gasteiger partial charge in [-0.2, -0.15) is 0 Å². The molecule has 9 heterocycles. The van der Waals surface area contributed by atoms with E-state index in [1.807, 2.05) is 97.1 Å². The molecule has 0 spiro atoms. The zero-order valence-electron chi connectivity index (χ0n) is 50.9. The number of likely N-dealkylation sites (tertiary alicyclic amines) is 4. The molecule has 7 aromatic rings. The standard InChI is InChI=1S/C32H18N8.C32H70N4O2Si3.4ClH/c1-2-10-18-17(9-1)25-33-26(18)38-28-21-13-5-6-14-22(21)30(35-28)40-32-24-16-8-7-15-23(24)31(36-32)39-29-20-12-4-3-11-19(20)27(34-29)37-25;1-7-40(29-25-33(3)17-9-10-18-33,30-26-34(4)19-11-12-20-34)37-39-38-41(8-2,31-27-35(5)21-13-14-22-35)32-28-36(6)23-15-16-24-36;;;;/h1-16H,(H2,33,34,35,36,37,38,39,40);7-32H2,1-6H3;4*1H/q;+4;;;;/p-4. The van der Waals surface area contributed by atoms with E-state index in [-0.39, 0.29) is 59.6 Å². The zero-order valence-corrected chi connectivity index (χ0v) is 56.9. The molecule has 6 aliphatic rings. The largest absolute Gasteiger partial charge is 1.00 e. The number of fused-ring (bicyclic) bond motifs is 20. The summed E-state index contributed by atoms with van der Waals surface area (Å²) in [5, 5.41) is 3.82. The molecule has 6 aliphatic heterocycles. The maximum Gasteiger partial charge on any atom is 0.410 e. The van der Waals surface area contributed by atoms with Crippen LogP contribution >= 0.6 is 0 Å². The van der Waals surface area contributed by atoms with Crippen LogP contribution in [0.2, 0.25) is 36.3 Å². The molecule has 456 valence electrons. The SMILES string of the molecule is CC[Si](CC[N+]1(C)CCCC1)(CC[N+]1(C)CCCC1)O[Si]O[Si](CC)(CC[N+]1(C)CCCC1)CC[N+]1(C)CCCC1.[Cl-].[Cl-].[Cl-].[Cl-].c1ccc2c(c1)-c1nc-2nc2[nH]c(nc3nc(nc4[nH]c(n1)c1ccccc41)-c1ccccc1-3)c1ccccc21. The molecule has 4 saturated heterocycles. The number of benzene rings is 4. The van der Waals surface area contributed by atoms with Gasteiger partial charge in [0.05, 0.1) is 107 Å². The fraction of sp³-hybridized carbons (Fsp3) is 0.500. The maximum absolute atomic E-state index is 7.29. The van der Waals surface area contributed by atoms with Crippen LogP contribution in [0.4, 0.5) is 0 Å². The molecule has 2 radical (unpaired) electrons. The van der Waals surface area contributed by atoms with E-state index in [1.54, 1.807) is 0 Å². The number of nitrogens with zero attached hydrogens (tertiary/aromatic N) is 10. The lowest BCUT2D eigenvalue weighted by molar-refractivity contribution is -0.896. The van der Waals surface area contributed by atoms with E-state index in [4.69, 9.17) is 38.1 Å². The molecule has 0 aliphatic carbocycles. The third-order valence-corrected chi connectivity index (χ3v) is 31.5. The van der Waals surface area contributed by atoms with Gasteiger partial charge in [-0.3, -0.25) is 0 Å². The second-order valence-corrected chi connectivity index (χ2v) is 36.1. The number of quaternary nitrogens is 4. The summed E-state index contributed by atoms with van der Waals surface area (Å²) >= 11 is 0. The number of nitrogens with one attached hydrogen (secondary N) is 2. The van der Waals surface area contributed by atoms with E-state index in [9.17, 15) is 0 Å². The molecule has 0 saturated carbocycles. The highest BCUT2D eigenvalue weighted by atomic mass is 35.5. The number of hydrogen-bond donors (Lipinski definition) is 2. The molecule has 0 atom stereocenters. The van der Waals surface area contributed by atoms with Crippen molar-refractivity contribution in [2.75, 3.05) is 107 Å². The first-order valence-corrected chi connectivity index (χ1v) is 36.8. The molecule has 21 heteroatoms. The highest BCUT2D eigenvalue weighted by Crippen LogP contribution is 2.38. The third kappa shape index (κ3) is 14.6. The Bertz CT molecular complexity index is 3130. The lowest BCUT2D eigenvalue weighted by Crippen LogP contribution is -3.00. The number of H-pyrrole nitrogens is 2. The van der Waals surface area contributed by atoms with Crippen molar-refractivity contribution in [2.45, 2.75) is 101 Å². The van der Waals surface area contributed by atoms with Gasteiger partial charge in [-0.05, 0) is 12.1 Å². The second-order valence-electron chi connectivity index (χ2n) is 26.1. The monoisotopic (exact) mass is 1280 g/mol. The summed E-state index contributed by atoms with van der Waals surface area (Å²) in [5.74, 6) is 2.39. The summed E-state index contributed by atoms with van der Waals surface area (Å²) in [6.07, 6.45) is 11.3. The molecule has 0 amide bonds. The van der Waals surface area contributed by atoms with Crippen LogP contribution in [0.25, 0.3) is 89.7 Å². The predicted molar refractivity (Wildman–Crippen MR) is 336 cm³/mol. The van der Waals surface area contributed by atoms with Crippen molar-refractivity contribution in [3.8, 4) is 45.6 Å². The number of aromatic nitrogens is 8. The minimum Gasteiger partial charge on any atom is -1.00 e. The van der Waals surface area contributed by atoms with Gasteiger partial charge in [0.15, 0.2) is 39.9 Å². The quantitative estimate of drug-likeness (QED) is 0.0932. The molecule has 85 heavy (non-hydrogen) atoms.